The van der Waals surface area contributed by atoms with Crippen molar-refractivity contribution in [2.24, 2.45) is 40.7 Å². The molecule has 5 rings (SSSR count). The van der Waals surface area contributed by atoms with Crippen LogP contribution in [0.4, 0.5) is 0 Å². The number of carboxylic acids is 1. The second kappa shape index (κ2) is 35.6. The van der Waals surface area contributed by atoms with Gasteiger partial charge in [-0.05, 0) is 84.4 Å². The number of aromatic amines is 2. The first-order valence-electron chi connectivity index (χ1n) is 30.9. The summed E-state index contributed by atoms with van der Waals surface area (Å²) in [5.41, 5.74) is 25.8. The molecule has 0 fully saturated rings. The Balaban J connectivity index is 1.42. The summed E-state index contributed by atoms with van der Waals surface area (Å²) in [5.74, 6) is -15.2. The molecule has 0 aliphatic heterocycles. The minimum Gasteiger partial charge on any atom is -0.508 e. The largest absolute Gasteiger partial charge is 0.508 e. The first kappa shape index (κ1) is 75.3. The van der Waals surface area contributed by atoms with Crippen molar-refractivity contribution in [1.29, 1.82) is 0 Å². The predicted octanol–water partition coefficient (Wildman–Crippen LogP) is -2.09. The number of amides is 12. The summed E-state index contributed by atoms with van der Waals surface area (Å²) in [6, 6.07) is 4.49. The van der Waals surface area contributed by atoms with Gasteiger partial charge in [-0.1, -0.05) is 90.1 Å². The summed E-state index contributed by atoms with van der Waals surface area (Å²) < 4.78 is 0. The first-order valence-corrected chi connectivity index (χ1v) is 30.9. The van der Waals surface area contributed by atoms with Gasteiger partial charge in [0.2, 0.25) is 70.9 Å². The molecule has 0 saturated heterocycles. The highest BCUT2D eigenvalue weighted by molar-refractivity contribution is 6.01. The van der Waals surface area contributed by atoms with E-state index in [9.17, 15) is 72.9 Å². The van der Waals surface area contributed by atoms with Gasteiger partial charge in [-0.15, -0.1) is 0 Å². The molecule has 2 aromatic heterocycles. The van der Waals surface area contributed by atoms with E-state index in [4.69, 9.17) is 22.9 Å². The molecular formula is C64H87N15O16. The highest BCUT2D eigenvalue weighted by Crippen LogP contribution is 2.23. The lowest BCUT2D eigenvalue weighted by molar-refractivity contribution is -0.143. The Labute approximate surface area is 546 Å². The molecule has 514 valence electrons. The number of carbonyl (C=O) groups excluding carboxylic acids is 12. The number of aromatic hydroxyl groups is 1. The molecule has 22 N–H and O–H groups in total. The lowest BCUT2D eigenvalue weighted by atomic mass is 9.98. The van der Waals surface area contributed by atoms with Gasteiger partial charge in [0, 0.05) is 53.5 Å². The van der Waals surface area contributed by atoms with Crippen molar-refractivity contribution in [3.8, 4) is 5.75 Å². The van der Waals surface area contributed by atoms with Crippen LogP contribution in [0.1, 0.15) is 96.8 Å². The Bertz CT molecular complexity index is 3570. The molecule has 0 bridgehead atoms. The molecule has 0 spiro atoms. The average molecular weight is 1320 g/mol. The molecule has 0 unspecified atom stereocenters. The molecule has 5 aromatic rings. The molecule has 0 radical (unpaired) electrons. The number of primary amides is 3. The fraction of sp³-hybridized carbons (Fsp3) is 0.453. The Morgan fingerprint density at radius 1 is 0.442 bits per heavy atom. The third kappa shape index (κ3) is 23.3. The van der Waals surface area contributed by atoms with Gasteiger partial charge < -0.3 is 96.1 Å². The summed E-state index contributed by atoms with van der Waals surface area (Å²) in [6.45, 7) is 9.01. The van der Waals surface area contributed by atoms with Crippen LogP contribution in [0.5, 0.6) is 5.75 Å². The third-order valence-corrected chi connectivity index (χ3v) is 15.3. The number of hydrogen-bond acceptors (Lipinski definition) is 16. The Hall–Kier alpha value is -10.4. The minimum absolute atomic E-state index is 0.0144. The quantitative estimate of drug-likeness (QED) is 0.0202. The first-order chi connectivity index (χ1) is 44.8. The minimum atomic E-state index is -2.00. The van der Waals surface area contributed by atoms with E-state index in [0.717, 1.165) is 0 Å². The number of fused-ring (bicyclic) bond motifs is 2. The van der Waals surface area contributed by atoms with E-state index in [1.165, 1.54) is 26.0 Å². The second-order valence-electron chi connectivity index (χ2n) is 24.4. The molecule has 31 heteroatoms. The zero-order valence-electron chi connectivity index (χ0n) is 53.6. The van der Waals surface area contributed by atoms with E-state index in [-0.39, 0.29) is 49.7 Å². The molecular weight excluding hydrogens is 1230 g/mol. The summed E-state index contributed by atoms with van der Waals surface area (Å²) in [7, 11) is 0. The average Bonchev–Trinajstić information content (AvgIpc) is 1.74. The zero-order chi connectivity index (χ0) is 70.4. The smallest absolute Gasteiger partial charge is 0.326 e. The van der Waals surface area contributed by atoms with E-state index in [0.29, 0.717) is 38.5 Å². The van der Waals surface area contributed by atoms with Crippen molar-refractivity contribution in [2.75, 3.05) is 6.61 Å². The standard InChI is InChI=1S/C64H87N15O16/c1-31(2)21-44(72-55(85)40(65)23-34-15-17-37(81)18-16-34)57(87)73-45(24-35-28-69-41-13-9-7-11-38(35)41)58(88)74-46(25-36-29-70-42-14-10-8-12-39(36)42)61(91)79-54(33(5)6)63(93)76-48(27-53(68)84)60(90)75-47(26-52(67)83)59(89)71-43(19-20-51(66)82)56(86)78-50(30-80)62(92)77-49(64(94)95)22-32(3)4/h7-18,28-29,31-33,40,43-50,54,69-70,80-81H,19-27,30,65H2,1-6H3,(H2,66,82)(H2,67,83)(H2,68,84)(H,71,89)(H,72,85)(H,73,87)(H,74,88)(H,75,90)(H,76,93)(H,77,92)(H,78,86)(H,79,91)(H,94,95)/t40-,43-,44-,45-,46-,47-,48-,49-,50-,54-/m0/s1. The van der Waals surface area contributed by atoms with Gasteiger partial charge >= 0.3 is 5.97 Å². The van der Waals surface area contributed by atoms with Crippen LogP contribution in [0.25, 0.3) is 21.8 Å². The number of aromatic nitrogens is 2. The lowest BCUT2D eigenvalue weighted by Gasteiger charge is -2.29. The predicted molar refractivity (Wildman–Crippen MR) is 346 cm³/mol. The van der Waals surface area contributed by atoms with Crippen LogP contribution in [-0.2, 0) is 81.6 Å². The number of nitrogens with two attached hydrogens (primary N) is 4. The van der Waals surface area contributed by atoms with Gasteiger partial charge in [0.15, 0.2) is 0 Å². The summed E-state index contributed by atoms with van der Waals surface area (Å²) in [6.07, 6.45) is -0.0206. The third-order valence-electron chi connectivity index (χ3n) is 15.3. The van der Waals surface area contributed by atoms with Crippen LogP contribution in [0.15, 0.2) is 85.2 Å². The van der Waals surface area contributed by atoms with E-state index in [1.807, 2.05) is 19.9 Å². The summed E-state index contributed by atoms with van der Waals surface area (Å²) in [5, 5.41) is 53.0. The fourth-order valence-corrected chi connectivity index (χ4v) is 10.4. The Kier molecular flexibility index (Phi) is 28.2. The normalized spacial score (nSPS) is 14.5. The van der Waals surface area contributed by atoms with Gasteiger partial charge in [-0.2, -0.15) is 0 Å². The number of carbonyl (C=O) groups is 13. The van der Waals surface area contributed by atoms with Crippen LogP contribution < -0.4 is 70.8 Å². The number of carboxylic acid groups (broad SMARTS) is 1. The number of nitrogens with one attached hydrogen (secondary N) is 11. The molecule has 3 aromatic carbocycles. The number of phenolic OH excluding ortho intramolecular Hbond substituents is 1. The maximum atomic E-state index is 15.1. The topological polar surface area (TPSA) is 527 Å². The number of benzene rings is 3. The maximum absolute atomic E-state index is 15.1. The fourth-order valence-electron chi connectivity index (χ4n) is 10.4. The number of rotatable bonds is 38. The lowest BCUT2D eigenvalue weighted by Crippen LogP contribution is -2.62. The van der Waals surface area contributed by atoms with E-state index < -0.39 is 175 Å². The highest BCUT2D eigenvalue weighted by atomic mass is 16.4. The highest BCUT2D eigenvalue weighted by Gasteiger charge is 2.38. The number of aliphatic hydroxyl groups is 1. The van der Waals surface area contributed by atoms with E-state index >= 15 is 4.79 Å². The van der Waals surface area contributed by atoms with Crippen molar-refractivity contribution in [3.63, 3.8) is 0 Å². The van der Waals surface area contributed by atoms with Crippen molar-refractivity contribution in [1.82, 2.24) is 57.8 Å². The molecule has 31 nitrogen and oxygen atoms in total. The summed E-state index contributed by atoms with van der Waals surface area (Å²) >= 11 is 0. The van der Waals surface area contributed by atoms with Crippen molar-refractivity contribution >= 4 is 98.7 Å². The molecule has 12 amide bonds. The van der Waals surface area contributed by atoms with Gasteiger partial charge in [-0.25, -0.2) is 4.79 Å². The molecule has 10 atom stereocenters. The number of hydrogen-bond donors (Lipinski definition) is 18. The van der Waals surface area contributed by atoms with Crippen LogP contribution in [0.2, 0.25) is 0 Å². The van der Waals surface area contributed by atoms with Crippen molar-refractivity contribution in [2.45, 2.75) is 160 Å². The number of aliphatic carboxylic acids is 1. The molecule has 0 saturated carbocycles. The molecule has 0 aliphatic rings. The van der Waals surface area contributed by atoms with Crippen LogP contribution >= 0.6 is 0 Å². The van der Waals surface area contributed by atoms with Crippen LogP contribution in [-0.4, -0.2) is 169 Å². The van der Waals surface area contributed by atoms with Crippen molar-refractivity contribution in [3.05, 3.63) is 102 Å². The maximum Gasteiger partial charge on any atom is 0.326 e. The van der Waals surface area contributed by atoms with E-state index in [1.54, 1.807) is 80.8 Å². The number of phenols is 1. The Morgan fingerprint density at radius 2 is 0.832 bits per heavy atom. The number of para-hydroxylation sites is 2. The van der Waals surface area contributed by atoms with E-state index in [2.05, 4.69) is 57.8 Å². The van der Waals surface area contributed by atoms with Gasteiger partial charge in [-0.3, -0.25) is 57.5 Å². The van der Waals surface area contributed by atoms with Gasteiger partial charge in [0.1, 0.15) is 60.1 Å². The van der Waals surface area contributed by atoms with Gasteiger partial charge in [0.05, 0.1) is 25.5 Å². The monoisotopic (exact) mass is 1320 g/mol. The molecule has 95 heavy (non-hydrogen) atoms. The number of H-pyrrole nitrogens is 2. The molecule has 0 aliphatic carbocycles. The summed E-state index contributed by atoms with van der Waals surface area (Å²) in [4.78, 5) is 183. The van der Waals surface area contributed by atoms with Crippen LogP contribution in [0, 0.1) is 17.8 Å². The van der Waals surface area contributed by atoms with Crippen molar-refractivity contribution < 1.29 is 77.6 Å². The molecule has 2 heterocycles. The Morgan fingerprint density at radius 3 is 1.29 bits per heavy atom. The van der Waals surface area contributed by atoms with Gasteiger partial charge in [0.25, 0.3) is 0 Å². The number of aliphatic hydroxyl groups excluding tert-OH is 1. The second-order valence-corrected chi connectivity index (χ2v) is 24.4. The van der Waals surface area contributed by atoms with Crippen LogP contribution in [0.3, 0.4) is 0 Å². The SMILES string of the molecule is CC(C)C[C@H](NC(=O)[C@H](CO)NC(=O)[C@H](CCC(N)=O)NC(=O)[C@H](CC(N)=O)NC(=O)[C@H](CC(N)=O)NC(=O)[C@@H](NC(=O)[C@H](Cc1c[nH]c2ccccc12)NC(=O)[C@H](Cc1c[nH]c2ccccc12)NC(=O)[C@H](CC(C)C)NC(=O)[C@@H](N)Cc1ccc(O)cc1)C(C)C)C(=O)O. The zero-order valence-corrected chi connectivity index (χ0v) is 53.6.